The van der Waals surface area contributed by atoms with Crippen LogP contribution in [-0.4, -0.2) is 54.5 Å². The fourth-order valence-electron chi connectivity index (χ4n) is 2.81. The van der Waals surface area contributed by atoms with Gasteiger partial charge in [-0.2, -0.15) is 0 Å². The van der Waals surface area contributed by atoms with Gasteiger partial charge in [-0.25, -0.2) is 9.97 Å². The van der Waals surface area contributed by atoms with Crippen LogP contribution >= 0.6 is 0 Å². The van der Waals surface area contributed by atoms with E-state index in [0.29, 0.717) is 25.4 Å². The third-order valence-corrected chi connectivity index (χ3v) is 4.02. The molecule has 1 aliphatic rings. The summed E-state index contributed by atoms with van der Waals surface area (Å²) in [6.45, 7) is 5.53. The van der Waals surface area contributed by atoms with Crippen LogP contribution < -0.4 is 16.0 Å². The predicted octanol–water partition coefficient (Wildman–Crippen LogP) is 1.28. The Hall–Kier alpha value is -2.38. The van der Waals surface area contributed by atoms with E-state index in [0.717, 1.165) is 41.5 Å². The number of pyridine rings is 2. The van der Waals surface area contributed by atoms with Crippen molar-refractivity contribution in [2.45, 2.75) is 6.92 Å². The van der Waals surface area contributed by atoms with Crippen LogP contribution in [-0.2, 0) is 4.74 Å². The minimum atomic E-state index is 0.0632. The number of rotatable bonds is 5. The Labute approximate surface area is 141 Å². The molecule has 128 valence electrons. The lowest BCUT2D eigenvalue weighted by Crippen LogP contribution is -2.37. The second-order valence-electron chi connectivity index (χ2n) is 5.71. The number of aliphatic hydroxyl groups is 1. The molecule has 0 atom stereocenters. The third-order valence-electron chi connectivity index (χ3n) is 4.02. The van der Waals surface area contributed by atoms with E-state index in [9.17, 15) is 0 Å². The highest BCUT2D eigenvalue weighted by atomic mass is 16.5. The molecule has 0 spiro atoms. The Morgan fingerprint density at radius 1 is 1.33 bits per heavy atom. The minimum Gasteiger partial charge on any atom is -0.396 e. The number of nitrogens with two attached hydrogens (primary N) is 1. The van der Waals surface area contributed by atoms with Crippen molar-refractivity contribution in [3.8, 4) is 11.1 Å². The van der Waals surface area contributed by atoms with Crippen LogP contribution in [0.5, 0.6) is 0 Å². The largest absolute Gasteiger partial charge is 0.396 e. The van der Waals surface area contributed by atoms with Crippen molar-refractivity contribution in [1.29, 1.82) is 0 Å². The maximum atomic E-state index is 8.92. The van der Waals surface area contributed by atoms with Gasteiger partial charge >= 0.3 is 0 Å². The summed E-state index contributed by atoms with van der Waals surface area (Å²) in [7, 11) is 0. The van der Waals surface area contributed by atoms with Crippen LogP contribution in [0.25, 0.3) is 11.1 Å². The number of aromatic nitrogens is 2. The molecule has 1 fully saturated rings. The Morgan fingerprint density at radius 2 is 2.12 bits per heavy atom. The molecule has 1 saturated heterocycles. The van der Waals surface area contributed by atoms with Crippen molar-refractivity contribution in [2.75, 3.05) is 55.4 Å². The lowest BCUT2D eigenvalue weighted by Gasteiger charge is -2.29. The normalized spacial score (nSPS) is 14.7. The van der Waals surface area contributed by atoms with Gasteiger partial charge in [0.05, 0.1) is 25.5 Å². The van der Waals surface area contributed by atoms with Crippen LogP contribution in [0.1, 0.15) is 5.69 Å². The molecule has 4 N–H and O–H groups in total. The Balaban J connectivity index is 1.90. The lowest BCUT2D eigenvalue weighted by atomic mass is 10.0. The molecule has 24 heavy (non-hydrogen) atoms. The average Bonchev–Trinajstić information content (AvgIpc) is 2.62. The molecular weight excluding hydrogens is 306 g/mol. The quantitative estimate of drug-likeness (QED) is 0.760. The molecular formula is C17H23N5O2. The van der Waals surface area contributed by atoms with Gasteiger partial charge < -0.3 is 25.8 Å². The number of aliphatic hydroxyl groups excluding tert-OH is 1. The number of anilines is 3. The van der Waals surface area contributed by atoms with Gasteiger partial charge in [-0.1, -0.05) is 0 Å². The number of ether oxygens (including phenoxy) is 1. The van der Waals surface area contributed by atoms with Gasteiger partial charge in [0.2, 0.25) is 0 Å². The standard InChI is InChI=1S/C17H23N5O2/c1-12-14(13-2-3-19-16(10-13)20-4-7-23)11-15(18)17(21-12)22-5-8-24-9-6-22/h2-3,10-11,23H,4-9,18H2,1H3,(H,19,20). The zero-order valence-electron chi connectivity index (χ0n) is 13.8. The number of nitrogen functional groups attached to an aromatic ring is 1. The minimum absolute atomic E-state index is 0.0632. The van der Waals surface area contributed by atoms with E-state index in [4.69, 9.17) is 20.6 Å². The summed E-state index contributed by atoms with van der Waals surface area (Å²) in [6.07, 6.45) is 1.74. The monoisotopic (exact) mass is 329 g/mol. The highest BCUT2D eigenvalue weighted by Crippen LogP contribution is 2.31. The number of morpholine rings is 1. The molecule has 0 bridgehead atoms. The molecule has 7 nitrogen and oxygen atoms in total. The summed E-state index contributed by atoms with van der Waals surface area (Å²) >= 11 is 0. The van der Waals surface area contributed by atoms with E-state index in [-0.39, 0.29) is 6.61 Å². The summed E-state index contributed by atoms with van der Waals surface area (Å²) in [4.78, 5) is 11.1. The first-order valence-corrected chi connectivity index (χ1v) is 8.10. The summed E-state index contributed by atoms with van der Waals surface area (Å²) < 4.78 is 5.39. The number of nitrogens with zero attached hydrogens (tertiary/aromatic N) is 3. The molecule has 0 saturated carbocycles. The van der Waals surface area contributed by atoms with Crippen LogP contribution in [0.2, 0.25) is 0 Å². The SMILES string of the molecule is Cc1nc(N2CCOCC2)c(N)cc1-c1ccnc(NCCO)c1. The number of nitrogens with one attached hydrogen (secondary N) is 1. The maximum Gasteiger partial charge on any atom is 0.152 e. The van der Waals surface area contributed by atoms with Crippen molar-refractivity contribution < 1.29 is 9.84 Å². The van der Waals surface area contributed by atoms with Gasteiger partial charge in [0.15, 0.2) is 5.82 Å². The maximum absolute atomic E-state index is 8.92. The van der Waals surface area contributed by atoms with Crippen molar-refractivity contribution in [3.63, 3.8) is 0 Å². The van der Waals surface area contributed by atoms with E-state index in [1.54, 1.807) is 6.20 Å². The summed E-state index contributed by atoms with van der Waals surface area (Å²) in [5.41, 5.74) is 9.84. The zero-order chi connectivity index (χ0) is 16.9. The Kier molecular flexibility index (Phi) is 5.12. The second kappa shape index (κ2) is 7.46. The van der Waals surface area contributed by atoms with E-state index in [1.807, 2.05) is 25.1 Å². The Bertz CT molecular complexity index is 701. The molecule has 3 rings (SSSR count). The van der Waals surface area contributed by atoms with Crippen LogP contribution in [0.3, 0.4) is 0 Å². The topological polar surface area (TPSA) is 96.5 Å². The van der Waals surface area contributed by atoms with Gasteiger partial charge in [0.1, 0.15) is 5.82 Å². The van der Waals surface area contributed by atoms with Gasteiger partial charge in [-0.15, -0.1) is 0 Å². The molecule has 0 radical (unpaired) electrons. The molecule has 0 aliphatic carbocycles. The van der Waals surface area contributed by atoms with Crippen molar-refractivity contribution in [2.24, 2.45) is 0 Å². The number of hydrogen-bond acceptors (Lipinski definition) is 7. The first kappa shape index (κ1) is 16.5. The van der Waals surface area contributed by atoms with Crippen LogP contribution in [0.4, 0.5) is 17.3 Å². The van der Waals surface area contributed by atoms with Crippen LogP contribution in [0.15, 0.2) is 24.4 Å². The van der Waals surface area contributed by atoms with Gasteiger partial charge in [0, 0.05) is 37.1 Å². The Morgan fingerprint density at radius 3 is 2.88 bits per heavy atom. The molecule has 0 unspecified atom stereocenters. The second-order valence-corrected chi connectivity index (χ2v) is 5.71. The van der Waals surface area contributed by atoms with Gasteiger partial charge in [-0.3, -0.25) is 0 Å². The summed E-state index contributed by atoms with van der Waals surface area (Å²) in [5, 5.41) is 12.0. The van der Waals surface area contributed by atoms with Crippen LogP contribution in [0, 0.1) is 6.92 Å². The van der Waals surface area contributed by atoms with Gasteiger partial charge in [0.25, 0.3) is 0 Å². The predicted molar refractivity (Wildman–Crippen MR) is 95.2 cm³/mol. The number of hydrogen-bond donors (Lipinski definition) is 3. The highest BCUT2D eigenvalue weighted by Gasteiger charge is 2.17. The zero-order valence-corrected chi connectivity index (χ0v) is 13.8. The van der Waals surface area contributed by atoms with E-state index in [2.05, 4.69) is 15.2 Å². The van der Waals surface area contributed by atoms with Gasteiger partial charge in [-0.05, 0) is 30.7 Å². The summed E-state index contributed by atoms with van der Waals surface area (Å²) in [6, 6.07) is 5.84. The fourth-order valence-corrected chi connectivity index (χ4v) is 2.81. The van der Waals surface area contributed by atoms with Crippen molar-refractivity contribution in [3.05, 3.63) is 30.1 Å². The molecule has 2 aromatic heterocycles. The third kappa shape index (κ3) is 3.58. The first-order valence-electron chi connectivity index (χ1n) is 8.10. The van der Waals surface area contributed by atoms with E-state index >= 15 is 0 Å². The molecule has 0 aromatic carbocycles. The van der Waals surface area contributed by atoms with E-state index in [1.165, 1.54) is 0 Å². The molecule has 0 amide bonds. The molecule has 7 heteroatoms. The van der Waals surface area contributed by atoms with Crippen molar-refractivity contribution in [1.82, 2.24) is 9.97 Å². The average molecular weight is 329 g/mol. The highest BCUT2D eigenvalue weighted by molar-refractivity contribution is 5.76. The summed E-state index contributed by atoms with van der Waals surface area (Å²) in [5.74, 6) is 1.55. The van der Waals surface area contributed by atoms with Crippen molar-refractivity contribution >= 4 is 17.3 Å². The molecule has 1 aliphatic heterocycles. The fraction of sp³-hybridized carbons (Fsp3) is 0.412. The smallest absolute Gasteiger partial charge is 0.152 e. The molecule has 2 aromatic rings. The lowest BCUT2D eigenvalue weighted by molar-refractivity contribution is 0.122. The number of aryl methyl sites for hydroxylation is 1. The molecule has 3 heterocycles. The first-order chi connectivity index (χ1) is 11.7. The van der Waals surface area contributed by atoms with E-state index < -0.39 is 0 Å².